The van der Waals surface area contributed by atoms with E-state index < -0.39 is 0 Å². The van der Waals surface area contributed by atoms with Crippen molar-refractivity contribution in [3.63, 3.8) is 0 Å². The van der Waals surface area contributed by atoms with Crippen LogP contribution in [0, 0.1) is 0 Å². The number of hydrogen-bond acceptors (Lipinski definition) is 0. The molecule has 4 aromatic heterocycles. The topological polar surface area (TPSA) is 19.7 Å². The zero-order valence-electron chi connectivity index (χ0n) is 34.7. The molecule has 0 aliphatic carbocycles. The molecule has 4 heteroatoms. The maximum absolute atomic E-state index is 2.45. The lowest BCUT2D eigenvalue weighted by Gasteiger charge is -2.11. The van der Waals surface area contributed by atoms with E-state index >= 15 is 0 Å². The highest BCUT2D eigenvalue weighted by atomic mass is 15.0. The third-order valence-corrected chi connectivity index (χ3v) is 13.5. The zero-order valence-corrected chi connectivity index (χ0v) is 34.7. The Morgan fingerprint density at radius 1 is 0.172 bits per heavy atom. The Labute approximate surface area is 368 Å². The highest BCUT2D eigenvalue weighted by molar-refractivity contribution is 6.15. The number of aromatic nitrogens is 4. The standard InChI is InChI=1S/C60H38N4/c1-3-15-41(16-4-1)61-53-23-11-7-19-45(53)49-35-39(27-31-57(49)61)40-28-32-58-50(36-40)46-20-8-13-25-55(46)63(58)43-30-34-60-52(38-43)48-22-10-14-26-56(48)64(60)44-29-33-59-51(37-44)47-21-9-12-24-54(47)62(59)42-17-5-2-6-18-42/h1-38H. The summed E-state index contributed by atoms with van der Waals surface area (Å²) in [6.07, 6.45) is 0. The van der Waals surface area contributed by atoms with Crippen molar-refractivity contribution >= 4 is 87.2 Å². The fourth-order valence-electron chi connectivity index (χ4n) is 10.8. The van der Waals surface area contributed by atoms with Crippen LogP contribution in [0.5, 0.6) is 0 Å². The van der Waals surface area contributed by atoms with Gasteiger partial charge in [0.25, 0.3) is 0 Å². The lowest BCUT2D eigenvalue weighted by atomic mass is 10.0. The molecule has 0 fully saturated rings. The molecule has 4 heterocycles. The third kappa shape index (κ3) is 4.99. The average molecular weight is 815 g/mol. The number of fused-ring (bicyclic) bond motifs is 12. The predicted octanol–water partition coefficient (Wildman–Crippen LogP) is 15.7. The largest absolute Gasteiger partial charge is 0.309 e. The minimum atomic E-state index is 1.14. The van der Waals surface area contributed by atoms with Crippen LogP contribution < -0.4 is 0 Å². The van der Waals surface area contributed by atoms with Crippen LogP contribution in [-0.2, 0) is 0 Å². The van der Waals surface area contributed by atoms with E-state index in [0.717, 1.165) is 17.1 Å². The van der Waals surface area contributed by atoms with E-state index in [9.17, 15) is 0 Å². The fourth-order valence-corrected chi connectivity index (χ4v) is 10.8. The third-order valence-electron chi connectivity index (χ3n) is 13.5. The molecule has 0 amide bonds. The fraction of sp³-hybridized carbons (Fsp3) is 0. The number of nitrogens with zero attached hydrogens (tertiary/aromatic N) is 4. The van der Waals surface area contributed by atoms with Gasteiger partial charge < -0.3 is 18.3 Å². The predicted molar refractivity (Wildman–Crippen MR) is 269 cm³/mol. The minimum absolute atomic E-state index is 1.14. The van der Waals surface area contributed by atoms with Crippen LogP contribution in [0.25, 0.3) is 121 Å². The molecule has 298 valence electrons. The first-order valence-corrected chi connectivity index (χ1v) is 22.0. The van der Waals surface area contributed by atoms with Gasteiger partial charge in [-0.1, -0.05) is 121 Å². The lowest BCUT2D eigenvalue weighted by molar-refractivity contribution is 1.16. The van der Waals surface area contributed by atoms with Crippen LogP contribution in [0.3, 0.4) is 0 Å². The van der Waals surface area contributed by atoms with E-state index in [1.807, 2.05) is 0 Å². The van der Waals surface area contributed by atoms with Gasteiger partial charge in [-0.05, 0) is 120 Å². The molecule has 0 saturated carbocycles. The molecule has 0 aliphatic heterocycles. The SMILES string of the molecule is c1ccc(-n2c3ccccc3c3cc(-c4ccc5c(c4)c4ccccc4n5-c4ccc5c(c4)c4ccccc4n5-c4ccc5c(c4)c4ccccc4n5-c4ccccc4)ccc32)cc1. The summed E-state index contributed by atoms with van der Waals surface area (Å²) in [6, 6.07) is 84.4. The Hall–Kier alpha value is -8.60. The van der Waals surface area contributed by atoms with Crippen LogP contribution in [0.15, 0.2) is 231 Å². The van der Waals surface area contributed by atoms with Crippen molar-refractivity contribution in [2.24, 2.45) is 0 Å². The van der Waals surface area contributed by atoms with Crippen molar-refractivity contribution in [2.75, 3.05) is 0 Å². The van der Waals surface area contributed by atoms with Gasteiger partial charge in [0.1, 0.15) is 0 Å². The van der Waals surface area contributed by atoms with Gasteiger partial charge in [0.2, 0.25) is 0 Å². The first-order valence-electron chi connectivity index (χ1n) is 22.0. The average Bonchev–Trinajstić information content (AvgIpc) is 4.09. The Morgan fingerprint density at radius 2 is 0.438 bits per heavy atom. The zero-order chi connectivity index (χ0) is 41.9. The number of rotatable bonds is 5. The molecular formula is C60H38N4. The van der Waals surface area contributed by atoms with Crippen molar-refractivity contribution < 1.29 is 0 Å². The molecule has 0 saturated heterocycles. The quantitative estimate of drug-likeness (QED) is 0.165. The van der Waals surface area contributed by atoms with E-state index in [4.69, 9.17) is 0 Å². The van der Waals surface area contributed by atoms with Gasteiger partial charge in [0, 0.05) is 65.8 Å². The van der Waals surface area contributed by atoms with Gasteiger partial charge >= 0.3 is 0 Å². The first-order chi connectivity index (χ1) is 31.8. The van der Waals surface area contributed by atoms with Crippen LogP contribution >= 0.6 is 0 Å². The summed E-state index contributed by atoms with van der Waals surface area (Å²) >= 11 is 0. The second-order valence-corrected chi connectivity index (χ2v) is 16.9. The Morgan fingerprint density at radius 3 is 0.797 bits per heavy atom. The summed E-state index contributed by atoms with van der Waals surface area (Å²) in [5, 5.41) is 9.94. The molecule has 4 nitrogen and oxygen atoms in total. The molecule has 0 N–H and O–H groups in total. The van der Waals surface area contributed by atoms with E-state index in [0.29, 0.717) is 0 Å². The number of hydrogen-bond donors (Lipinski definition) is 0. The van der Waals surface area contributed by atoms with Gasteiger partial charge in [-0.2, -0.15) is 0 Å². The van der Waals surface area contributed by atoms with Gasteiger partial charge in [0.05, 0.1) is 44.1 Å². The maximum Gasteiger partial charge on any atom is 0.0542 e. The second-order valence-electron chi connectivity index (χ2n) is 16.9. The number of benzene rings is 10. The molecule has 14 aromatic rings. The van der Waals surface area contributed by atoms with Crippen LogP contribution in [0.2, 0.25) is 0 Å². The summed E-state index contributed by atoms with van der Waals surface area (Å²) in [7, 11) is 0. The van der Waals surface area contributed by atoms with Crippen molar-refractivity contribution in [2.45, 2.75) is 0 Å². The minimum Gasteiger partial charge on any atom is -0.309 e. The van der Waals surface area contributed by atoms with Crippen molar-refractivity contribution in [3.05, 3.63) is 231 Å². The van der Waals surface area contributed by atoms with Gasteiger partial charge in [-0.15, -0.1) is 0 Å². The van der Waals surface area contributed by atoms with Crippen LogP contribution in [-0.4, -0.2) is 18.3 Å². The molecule has 14 rings (SSSR count). The van der Waals surface area contributed by atoms with Gasteiger partial charge in [-0.25, -0.2) is 0 Å². The summed E-state index contributed by atoms with van der Waals surface area (Å²) in [5.41, 5.74) is 16.6. The van der Waals surface area contributed by atoms with E-state index in [2.05, 4.69) is 249 Å². The van der Waals surface area contributed by atoms with E-state index in [1.165, 1.54) is 104 Å². The molecule has 64 heavy (non-hydrogen) atoms. The van der Waals surface area contributed by atoms with Gasteiger partial charge in [0.15, 0.2) is 0 Å². The normalized spacial score (nSPS) is 12.1. The van der Waals surface area contributed by atoms with E-state index in [-0.39, 0.29) is 0 Å². The summed E-state index contributed by atoms with van der Waals surface area (Å²) < 4.78 is 9.64. The lowest BCUT2D eigenvalue weighted by Crippen LogP contribution is -1.96. The smallest absolute Gasteiger partial charge is 0.0542 e. The summed E-state index contributed by atoms with van der Waals surface area (Å²) in [5.74, 6) is 0. The molecule has 0 bridgehead atoms. The number of para-hydroxylation sites is 6. The highest BCUT2D eigenvalue weighted by Crippen LogP contribution is 2.41. The van der Waals surface area contributed by atoms with Crippen molar-refractivity contribution in [1.82, 2.24) is 18.3 Å². The molecule has 0 aliphatic rings. The molecule has 0 spiro atoms. The van der Waals surface area contributed by atoms with Crippen molar-refractivity contribution in [1.29, 1.82) is 0 Å². The van der Waals surface area contributed by atoms with Crippen LogP contribution in [0.1, 0.15) is 0 Å². The van der Waals surface area contributed by atoms with Gasteiger partial charge in [-0.3, -0.25) is 0 Å². The first kappa shape index (κ1) is 35.0. The second kappa shape index (κ2) is 13.4. The maximum atomic E-state index is 2.45. The monoisotopic (exact) mass is 814 g/mol. The highest BCUT2D eigenvalue weighted by Gasteiger charge is 2.20. The Balaban J connectivity index is 0.925. The molecule has 0 unspecified atom stereocenters. The molecule has 0 atom stereocenters. The summed E-state index contributed by atoms with van der Waals surface area (Å²) in [4.78, 5) is 0. The van der Waals surface area contributed by atoms with E-state index in [1.54, 1.807) is 0 Å². The Kier molecular flexibility index (Phi) is 7.36. The molecular weight excluding hydrogens is 777 g/mol. The molecule has 0 radical (unpaired) electrons. The summed E-state index contributed by atoms with van der Waals surface area (Å²) in [6.45, 7) is 0. The Bertz CT molecular complexity index is 4180. The van der Waals surface area contributed by atoms with Crippen molar-refractivity contribution in [3.8, 4) is 33.9 Å². The molecule has 10 aromatic carbocycles. The van der Waals surface area contributed by atoms with Crippen LogP contribution in [0.4, 0.5) is 0 Å².